The van der Waals surface area contributed by atoms with Gasteiger partial charge in [-0.25, -0.2) is 9.78 Å². The predicted octanol–water partition coefficient (Wildman–Crippen LogP) is 4.42. The Morgan fingerprint density at radius 3 is 2.61 bits per heavy atom. The lowest BCUT2D eigenvalue weighted by molar-refractivity contribution is -0.0988. The van der Waals surface area contributed by atoms with Crippen molar-refractivity contribution in [2.24, 2.45) is 5.92 Å². The third-order valence-electron chi connectivity index (χ3n) is 3.27. The number of rotatable bonds is 3. The van der Waals surface area contributed by atoms with Gasteiger partial charge in [0, 0.05) is 18.2 Å². The van der Waals surface area contributed by atoms with E-state index in [1.165, 1.54) is 32.4 Å². The molecule has 1 unspecified atom stereocenters. The number of esters is 1. The van der Waals surface area contributed by atoms with Crippen LogP contribution in [0, 0.1) is 5.92 Å². The summed E-state index contributed by atoms with van der Waals surface area (Å²) in [6.45, 7) is 1.48. The van der Waals surface area contributed by atoms with Gasteiger partial charge in [-0.15, -0.1) is 0 Å². The van der Waals surface area contributed by atoms with Gasteiger partial charge in [0.05, 0.1) is 17.1 Å². The minimum atomic E-state index is -4.34. The molecular weight excluding hydrogens is 379 g/mol. The van der Waals surface area contributed by atoms with Crippen LogP contribution >= 0.6 is 15.9 Å². The second-order valence-corrected chi connectivity index (χ2v) is 5.82. The number of aromatic nitrogens is 1. The Bertz CT molecular complexity index is 683. The lowest BCUT2D eigenvalue weighted by Crippen LogP contribution is -2.21. The molecule has 1 aliphatic carbocycles. The first-order valence-corrected chi connectivity index (χ1v) is 7.41. The fourth-order valence-electron chi connectivity index (χ4n) is 2.13. The van der Waals surface area contributed by atoms with Crippen LogP contribution < -0.4 is 4.74 Å². The number of ether oxygens (including phenoxy) is 2. The first-order chi connectivity index (χ1) is 10.7. The number of methoxy groups -OCH3 is 1. The van der Waals surface area contributed by atoms with Crippen LogP contribution in [-0.2, 0) is 4.74 Å². The lowest BCUT2D eigenvalue weighted by atomic mass is 9.92. The molecular formula is C15H13BrF3NO3. The SMILES string of the molecule is COC(=O)c1cnc(OC2=CC=C(C(F)(F)F)C(C)C2)c(Br)c1. The standard InChI is InChI=1S/C15H13BrF3NO3/c1-8-5-10(3-4-11(8)15(17,18)19)23-13-12(16)6-9(7-20-13)14(21)22-2/h3-4,6-8H,5H2,1-2H3. The molecule has 0 amide bonds. The van der Waals surface area contributed by atoms with Crippen molar-refractivity contribution in [3.63, 3.8) is 0 Å². The van der Waals surface area contributed by atoms with Crippen LogP contribution in [0.2, 0.25) is 0 Å². The maximum absolute atomic E-state index is 12.8. The highest BCUT2D eigenvalue weighted by Crippen LogP contribution is 2.37. The smallest absolute Gasteiger partial charge is 0.412 e. The van der Waals surface area contributed by atoms with Crippen LogP contribution in [-0.4, -0.2) is 24.2 Å². The van der Waals surface area contributed by atoms with Gasteiger partial charge in [-0.2, -0.15) is 13.2 Å². The summed E-state index contributed by atoms with van der Waals surface area (Å²) in [6, 6.07) is 1.47. The number of pyridine rings is 1. The molecule has 0 radical (unpaired) electrons. The van der Waals surface area contributed by atoms with Gasteiger partial charge in [-0.3, -0.25) is 0 Å². The van der Waals surface area contributed by atoms with E-state index in [0.717, 1.165) is 6.08 Å². The highest BCUT2D eigenvalue weighted by atomic mass is 79.9. The zero-order chi connectivity index (χ0) is 17.2. The van der Waals surface area contributed by atoms with Crippen LogP contribution in [0.4, 0.5) is 13.2 Å². The second kappa shape index (κ2) is 6.74. The predicted molar refractivity (Wildman–Crippen MR) is 79.9 cm³/mol. The molecule has 124 valence electrons. The minimum Gasteiger partial charge on any atom is -0.465 e. The Morgan fingerprint density at radius 1 is 1.39 bits per heavy atom. The monoisotopic (exact) mass is 391 g/mol. The molecule has 1 aromatic rings. The lowest BCUT2D eigenvalue weighted by Gasteiger charge is -2.23. The van der Waals surface area contributed by atoms with Crippen LogP contribution in [0.25, 0.3) is 0 Å². The Kier molecular flexibility index (Phi) is 5.13. The Hall–Kier alpha value is -1.83. The van der Waals surface area contributed by atoms with Crippen LogP contribution in [0.15, 0.2) is 40.2 Å². The van der Waals surface area contributed by atoms with E-state index in [1.807, 2.05) is 0 Å². The summed E-state index contributed by atoms with van der Waals surface area (Å²) in [7, 11) is 1.25. The Balaban J connectivity index is 2.19. The largest absolute Gasteiger partial charge is 0.465 e. The quantitative estimate of drug-likeness (QED) is 0.715. The molecule has 1 heterocycles. The molecule has 0 bridgehead atoms. The van der Waals surface area contributed by atoms with Crippen molar-refractivity contribution in [1.29, 1.82) is 0 Å². The number of hydrogen-bond acceptors (Lipinski definition) is 4. The third kappa shape index (κ3) is 4.13. The average molecular weight is 392 g/mol. The van der Waals surface area contributed by atoms with Crippen molar-refractivity contribution in [3.05, 3.63) is 45.8 Å². The topological polar surface area (TPSA) is 48.4 Å². The summed E-state index contributed by atoms with van der Waals surface area (Å²) in [5, 5.41) is 0. The highest BCUT2D eigenvalue weighted by Gasteiger charge is 2.38. The van der Waals surface area contributed by atoms with Crippen LogP contribution in [0.3, 0.4) is 0 Å². The van der Waals surface area contributed by atoms with E-state index in [4.69, 9.17) is 4.74 Å². The van der Waals surface area contributed by atoms with Crippen molar-refractivity contribution < 1.29 is 27.4 Å². The fraction of sp³-hybridized carbons (Fsp3) is 0.333. The van der Waals surface area contributed by atoms with Gasteiger partial charge in [-0.05, 0) is 34.0 Å². The molecule has 23 heavy (non-hydrogen) atoms. The molecule has 0 fully saturated rings. The minimum absolute atomic E-state index is 0.109. The molecule has 8 heteroatoms. The van der Waals surface area contributed by atoms with Crippen molar-refractivity contribution in [3.8, 4) is 5.88 Å². The molecule has 0 spiro atoms. The molecule has 0 aromatic carbocycles. The molecule has 2 rings (SSSR count). The van der Waals surface area contributed by atoms with Crippen molar-refractivity contribution >= 4 is 21.9 Å². The van der Waals surface area contributed by atoms with Gasteiger partial charge in [0.2, 0.25) is 5.88 Å². The summed E-state index contributed by atoms with van der Waals surface area (Å²) in [5.41, 5.74) is -0.352. The van der Waals surface area contributed by atoms with Crippen molar-refractivity contribution in [2.75, 3.05) is 7.11 Å². The summed E-state index contributed by atoms with van der Waals surface area (Å²) in [6.07, 6.45) is -0.665. The third-order valence-corrected chi connectivity index (χ3v) is 3.84. The normalized spacial score (nSPS) is 18.1. The van der Waals surface area contributed by atoms with Gasteiger partial charge in [0.1, 0.15) is 5.76 Å². The maximum Gasteiger partial charge on any atom is 0.412 e. The van der Waals surface area contributed by atoms with Gasteiger partial charge in [-0.1, -0.05) is 13.0 Å². The molecule has 1 aromatic heterocycles. The summed E-state index contributed by atoms with van der Waals surface area (Å²) in [5.74, 6) is -0.722. The number of alkyl halides is 3. The zero-order valence-corrected chi connectivity index (χ0v) is 13.9. The first-order valence-electron chi connectivity index (χ1n) is 6.62. The molecule has 0 saturated heterocycles. The van der Waals surface area contributed by atoms with Crippen LogP contribution in [0.1, 0.15) is 23.7 Å². The summed E-state index contributed by atoms with van der Waals surface area (Å²) < 4.78 is 48.8. The van der Waals surface area contributed by atoms with E-state index in [2.05, 4.69) is 25.7 Å². The summed E-state index contributed by atoms with van der Waals surface area (Å²) >= 11 is 3.21. The molecule has 1 atom stereocenters. The number of carbonyl (C=O) groups excluding carboxylic acids is 1. The maximum atomic E-state index is 12.8. The Labute approximate surface area is 139 Å². The molecule has 1 aliphatic rings. The number of nitrogens with zero attached hydrogens (tertiary/aromatic N) is 1. The van der Waals surface area contributed by atoms with Gasteiger partial charge >= 0.3 is 12.1 Å². The number of allylic oxidation sites excluding steroid dienone is 4. The molecule has 0 aliphatic heterocycles. The van der Waals surface area contributed by atoms with Crippen LogP contribution in [0.5, 0.6) is 5.88 Å². The average Bonchev–Trinajstić information content (AvgIpc) is 2.47. The van der Waals surface area contributed by atoms with Gasteiger partial charge in [0.25, 0.3) is 0 Å². The fourth-order valence-corrected chi connectivity index (χ4v) is 2.56. The molecule has 0 saturated carbocycles. The molecule has 4 nitrogen and oxygen atoms in total. The van der Waals surface area contributed by atoms with E-state index < -0.39 is 23.6 Å². The zero-order valence-electron chi connectivity index (χ0n) is 12.3. The van der Waals surface area contributed by atoms with Gasteiger partial charge in [0.15, 0.2) is 0 Å². The van der Waals surface area contributed by atoms with E-state index in [9.17, 15) is 18.0 Å². The first kappa shape index (κ1) is 17.5. The number of halogens is 4. The van der Waals surface area contributed by atoms with Gasteiger partial charge < -0.3 is 9.47 Å². The van der Waals surface area contributed by atoms with E-state index in [-0.39, 0.29) is 17.9 Å². The van der Waals surface area contributed by atoms with E-state index >= 15 is 0 Å². The van der Waals surface area contributed by atoms with Crippen molar-refractivity contribution in [2.45, 2.75) is 19.5 Å². The highest BCUT2D eigenvalue weighted by molar-refractivity contribution is 9.10. The number of carbonyl (C=O) groups is 1. The van der Waals surface area contributed by atoms with Crippen molar-refractivity contribution in [1.82, 2.24) is 4.98 Å². The molecule has 0 N–H and O–H groups in total. The van der Waals surface area contributed by atoms with E-state index in [1.54, 1.807) is 0 Å². The summed E-state index contributed by atoms with van der Waals surface area (Å²) in [4.78, 5) is 15.4. The number of hydrogen-bond donors (Lipinski definition) is 0. The second-order valence-electron chi connectivity index (χ2n) is 4.96. The Morgan fingerprint density at radius 2 is 2.09 bits per heavy atom. The van der Waals surface area contributed by atoms with E-state index in [0.29, 0.717) is 10.2 Å².